The summed E-state index contributed by atoms with van der Waals surface area (Å²) in [5.41, 5.74) is 2.38. The van der Waals surface area contributed by atoms with Gasteiger partial charge < -0.3 is 9.73 Å². The van der Waals surface area contributed by atoms with Crippen LogP contribution in [-0.4, -0.2) is 11.5 Å². The van der Waals surface area contributed by atoms with Crippen LogP contribution in [0.15, 0.2) is 41.1 Å². The van der Waals surface area contributed by atoms with Crippen LogP contribution in [-0.2, 0) is 12.8 Å². The second-order valence-electron chi connectivity index (χ2n) is 4.68. The van der Waals surface area contributed by atoms with Crippen molar-refractivity contribution in [1.29, 1.82) is 0 Å². The number of nitrogens with zero attached hydrogens (tertiary/aromatic N) is 1. The van der Waals surface area contributed by atoms with Crippen LogP contribution in [0.3, 0.4) is 0 Å². The number of hydrogen-bond acceptors (Lipinski definition) is 3. The minimum Gasteiger partial charge on any atom is -0.469 e. The number of rotatable bonds is 7. The Kier molecular flexibility index (Phi) is 5.16. The Labute approximate surface area is 115 Å². The van der Waals surface area contributed by atoms with Crippen molar-refractivity contribution in [1.82, 2.24) is 10.3 Å². The van der Waals surface area contributed by atoms with Gasteiger partial charge in [-0.25, -0.2) is 0 Å². The van der Waals surface area contributed by atoms with Crippen molar-refractivity contribution in [2.24, 2.45) is 0 Å². The van der Waals surface area contributed by atoms with Gasteiger partial charge in [0, 0.05) is 36.3 Å². The molecule has 0 bridgehead atoms. The van der Waals surface area contributed by atoms with Crippen molar-refractivity contribution in [2.45, 2.75) is 39.2 Å². The average molecular weight is 258 g/mol. The molecule has 1 N–H and O–H groups in total. The van der Waals surface area contributed by atoms with Crippen molar-refractivity contribution in [3.05, 3.63) is 53.7 Å². The molecule has 1 unspecified atom stereocenters. The molecule has 0 aliphatic rings. The summed E-state index contributed by atoms with van der Waals surface area (Å²) in [4.78, 5) is 4.42. The molecule has 2 aromatic rings. The van der Waals surface area contributed by atoms with Gasteiger partial charge in [-0.15, -0.1) is 0 Å². The number of pyridine rings is 1. The highest BCUT2D eigenvalue weighted by Gasteiger charge is 2.17. The molecule has 0 amide bonds. The summed E-state index contributed by atoms with van der Waals surface area (Å²) in [6.07, 6.45) is 6.58. The molecular formula is C16H22N2O. The van der Waals surface area contributed by atoms with Crippen LogP contribution < -0.4 is 5.32 Å². The number of nitrogens with one attached hydrogen (secondary N) is 1. The monoisotopic (exact) mass is 258 g/mol. The molecule has 0 saturated heterocycles. The first kappa shape index (κ1) is 13.8. The second kappa shape index (κ2) is 7.10. The number of aromatic nitrogens is 1. The van der Waals surface area contributed by atoms with E-state index in [1.807, 2.05) is 18.3 Å². The van der Waals surface area contributed by atoms with Gasteiger partial charge in [-0.3, -0.25) is 4.98 Å². The van der Waals surface area contributed by atoms with E-state index in [-0.39, 0.29) is 6.04 Å². The van der Waals surface area contributed by atoms with Gasteiger partial charge in [0.05, 0.1) is 6.26 Å². The van der Waals surface area contributed by atoms with Gasteiger partial charge in [0.2, 0.25) is 0 Å². The first-order valence-corrected chi connectivity index (χ1v) is 7.04. The molecule has 0 spiro atoms. The van der Waals surface area contributed by atoms with Gasteiger partial charge in [-0.2, -0.15) is 0 Å². The third-order valence-electron chi connectivity index (χ3n) is 3.26. The van der Waals surface area contributed by atoms with Crippen LogP contribution in [0.1, 0.15) is 43.3 Å². The van der Waals surface area contributed by atoms with E-state index in [0.717, 1.165) is 37.3 Å². The summed E-state index contributed by atoms with van der Waals surface area (Å²) in [5, 5.41) is 3.60. The molecule has 0 aliphatic carbocycles. The quantitative estimate of drug-likeness (QED) is 0.825. The first-order chi connectivity index (χ1) is 9.35. The predicted octanol–water partition coefficient (Wildman–Crippen LogP) is 3.52. The first-order valence-electron chi connectivity index (χ1n) is 7.04. The van der Waals surface area contributed by atoms with Crippen LogP contribution in [0.2, 0.25) is 0 Å². The molecule has 19 heavy (non-hydrogen) atoms. The van der Waals surface area contributed by atoms with Gasteiger partial charge in [0.25, 0.3) is 0 Å². The van der Waals surface area contributed by atoms with Crippen LogP contribution in [0.5, 0.6) is 0 Å². The van der Waals surface area contributed by atoms with E-state index in [1.165, 1.54) is 5.56 Å². The summed E-state index contributed by atoms with van der Waals surface area (Å²) in [5.74, 6) is 1.07. The SMILES string of the molecule is CCCNC(Cc1ccccn1)c1ccoc1CC. The van der Waals surface area contributed by atoms with Crippen molar-refractivity contribution >= 4 is 0 Å². The van der Waals surface area contributed by atoms with Gasteiger partial charge in [-0.1, -0.05) is 19.9 Å². The molecule has 3 heteroatoms. The Balaban J connectivity index is 2.16. The van der Waals surface area contributed by atoms with E-state index in [1.54, 1.807) is 6.26 Å². The minimum atomic E-state index is 0.281. The van der Waals surface area contributed by atoms with E-state index >= 15 is 0 Å². The van der Waals surface area contributed by atoms with E-state index in [9.17, 15) is 0 Å². The molecule has 2 rings (SSSR count). The molecule has 0 aliphatic heterocycles. The largest absolute Gasteiger partial charge is 0.469 e. The molecule has 1 atom stereocenters. The van der Waals surface area contributed by atoms with Gasteiger partial charge >= 0.3 is 0 Å². The smallest absolute Gasteiger partial charge is 0.108 e. The number of hydrogen-bond donors (Lipinski definition) is 1. The maximum atomic E-state index is 5.55. The van der Waals surface area contributed by atoms with Crippen molar-refractivity contribution in [3.8, 4) is 0 Å². The molecule has 0 saturated carbocycles. The van der Waals surface area contributed by atoms with Gasteiger partial charge in [0.15, 0.2) is 0 Å². The molecule has 3 nitrogen and oxygen atoms in total. The van der Waals surface area contributed by atoms with Gasteiger partial charge in [-0.05, 0) is 31.2 Å². The molecular weight excluding hydrogens is 236 g/mol. The predicted molar refractivity (Wildman–Crippen MR) is 77.1 cm³/mol. The van der Waals surface area contributed by atoms with E-state index in [2.05, 4.69) is 36.3 Å². The summed E-state index contributed by atoms with van der Waals surface area (Å²) < 4.78 is 5.55. The Bertz CT molecular complexity index is 479. The summed E-state index contributed by atoms with van der Waals surface area (Å²) >= 11 is 0. The normalized spacial score (nSPS) is 12.5. The van der Waals surface area contributed by atoms with Crippen molar-refractivity contribution < 1.29 is 4.42 Å². The molecule has 102 valence electrons. The molecule has 0 fully saturated rings. The maximum absolute atomic E-state index is 5.55. The van der Waals surface area contributed by atoms with Crippen molar-refractivity contribution in [2.75, 3.05) is 6.54 Å². The van der Waals surface area contributed by atoms with Crippen LogP contribution in [0, 0.1) is 0 Å². The zero-order valence-electron chi connectivity index (χ0n) is 11.7. The van der Waals surface area contributed by atoms with Crippen LogP contribution in [0.25, 0.3) is 0 Å². The Hall–Kier alpha value is -1.61. The lowest BCUT2D eigenvalue weighted by Crippen LogP contribution is -2.24. The fourth-order valence-electron chi connectivity index (χ4n) is 2.29. The Morgan fingerprint density at radius 2 is 2.16 bits per heavy atom. The number of aryl methyl sites for hydroxylation is 1. The highest BCUT2D eigenvalue weighted by atomic mass is 16.3. The third-order valence-corrected chi connectivity index (χ3v) is 3.26. The summed E-state index contributed by atoms with van der Waals surface area (Å²) in [6, 6.07) is 8.42. The van der Waals surface area contributed by atoms with Crippen LogP contribution >= 0.6 is 0 Å². The zero-order valence-corrected chi connectivity index (χ0v) is 11.7. The highest BCUT2D eigenvalue weighted by molar-refractivity contribution is 5.23. The topological polar surface area (TPSA) is 38.1 Å². The standard InChI is InChI=1S/C16H22N2O/c1-3-9-18-15(12-13-7-5-6-10-17-13)14-8-11-19-16(14)4-2/h5-8,10-11,15,18H,3-4,9,12H2,1-2H3. The van der Waals surface area contributed by atoms with Gasteiger partial charge in [0.1, 0.15) is 5.76 Å². The second-order valence-corrected chi connectivity index (χ2v) is 4.68. The molecule has 0 aromatic carbocycles. The van der Waals surface area contributed by atoms with Crippen LogP contribution in [0.4, 0.5) is 0 Å². The fourth-order valence-corrected chi connectivity index (χ4v) is 2.29. The third kappa shape index (κ3) is 3.67. The maximum Gasteiger partial charge on any atom is 0.108 e. The zero-order chi connectivity index (χ0) is 13.5. The van der Waals surface area contributed by atoms with E-state index < -0.39 is 0 Å². The number of furan rings is 1. The fraction of sp³-hybridized carbons (Fsp3) is 0.438. The minimum absolute atomic E-state index is 0.281. The molecule has 2 heterocycles. The van der Waals surface area contributed by atoms with Crippen molar-refractivity contribution in [3.63, 3.8) is 0 Å². The lowest BCUT2D eigenvalue weighted by molar-refractivity contribution is 0.480. The Morgan fingerprint density at radius 3 is 2.84 bits per heavy atom. The lowest BCUT2D eigenvalue weighted by Gasteiger charge is -2.18. The summed E-state index contributed by atoms with van der Waals surface area (Å²) in [6.45, 7) is 5.31. The highest BCUT2D eigenvalue weighted by Crippen LogP contribution is 2.23. The molecule has 2 aromatic heterocycles. The lowest BCUT2D eigenvalue weighted by atomic mass is 10.0. The Morgan fingerprint density at radius 1 is 1.26 bits per heavy atom. The van der Waals surface area contributed by atoms with E-state index in [4.69, 9.17) is 4.42 Å². The van der Waals surface area contributed by atoms with E-state index in [0.29, 0.717) is 0 Å². The molecule has 0 radical (unpaired) electrons. The summed E-state index contributed by atoms with van der Waals surface area (Å²) in [7, 11) is 0. The average Bonchev–Trinajstić information content (AvgIpc) is 2.93.